The van der Waals surface area contributed by atoms with Crippen LogP contribution in [0.15, 0.2) is 35.9 Å². The van der Waals surface area contributed by atoms with E-state index in [1.54, 1.807) is 0 Å². The Morgan fingerprint density at radius 1 is 1.40 bits per heavy atom. The first-order chi connectivity index (χ1) is 9.74. The molecule has 1 saturated carbocycles. The summed E-state index contributed by atoms with van der Waals surface area (Å²) in [7, 11) is 2.02. The van der Waals surface area contributed by atoms with Gasteiger partial charge in [-0.05, 0) is 38.8 Å². The number of benzene rings is 1. The number of rotatable bonds is 6. The minimum Gasteiger partial charge on any atom is -0.314 e. The molecule has 0 saturated heterocycles. The van der Waals surface area contributed by atoms with E-state index in [1.165, 1.54) is 35.0 Å². The van der Waals surface area contributed by atoms with E-state index in [0.29, 0.717) is 0 Å². The van der Waals surface area contributed by atoms with E-state index in [0.717, 1.165) is 25.4 Å². The van der Waals surface area contributed by atoms with Crippen molar-refractivity contribution < 1.29 is 0 Å². The molecule has 2 aromatic rings. The molecule has 3 nitrogen and oxygen atoms in total. The van der Waals surface area contributed by atoms with Crippen LogP contribution < -0.4 is 5.32 Å². The summed E-state index contributed by atoms with van der Waals surface area (Å²) >= 11 is 0. The maximum Gasteiger partial charge on any atom is 0.0743 e. The zero-order valence-electron chi connectivity index (χ0n) is 12.4. The summed E-state index contributed by atoms with van der Waals surface area (Å²) in [5.74, 6) is 0. The maximum absolute atomic E-state index is 4.66. The van der Waals surface area contributed by atoms with Crippen LogP contribution in [0, 0.1) is 0 Å². The Bertz CT molecular complexity index is 620. The van der Waals surface area contributed by atoms with E-state index in [4.69, 9.17) is 0 Å². The molecule has 3 heteroatoms. The highest BCUT2D eigenvalue weighted by Crippen LogP contribution is 2.20. The SMILES string of the molecule is CC(=CCCNC1CC1)Cc1nn(C)c2ccccc12. The molecule has 1 aromatic carbocycles. The van der Waals surface area contributed by atoms with Crippen molar-refractivity contribution in [3.63, 3.8) is 0 Å². The summed E-state index contributed by atoms with van der Waals surface area (Å²) < 4.78 is 1.98. The Hall–Kier alpha value is -1.61. The lowest BCUT2D eigenvalue weighted by molar-refractivity contribution is 0.688. The van der Waals surface area contributed by atoms with Crippen LogP contribution in [0.3, 0.4) is 0 Å². The van der Waals surface area contributed by atoms with Gasteiger partial charge in [0.05, 0.1) is 11.2 Å². The van der Waals surface area contributed by atoms with Crippen molar-refractivity contribution in [2.45, 2.75) is 38.6 Å². The first-order valence-electron chi connectivity index (χ1n) is 7.53. The molecule has 1 aromatic heterocycles. The summed E-state index contributed by atoms with van der Waals surface area (Å²) in [5.41, 5.74) is 3.81. The molecule has 0 amide bonds. The number of aryl methyl sites for hydroxylation is 1. The highest BCUT2D eigenvalue weighted by atomic mass is 15.3. The molecule has 20 heavy (non-hydrogen) atoms. The summed E-state index contributed by atoms with van der Waals surface area (Å²) in [6.07, 6.45) is 7.14. The van der Waals surface area contributed by atoms with Crippen LogP contribution in [0.2, 0.25) is 0 Å². The van der Waals surface area contributed by atoms with Gasteiger partial charge in [-0.25, -0.2) is 0 Å². The van der Waals surface area contributed by atoms with Crippen molar-refractivity contribution in [3.8, 4) is 0 Å². The number of para-hydroxylation sites is 1. The zero-order chi connectivity index (χ0) is 13.9. The van der Waals surface area contributed by atoms with Gasteiger partial charge in [0.15, 0.2) is 0 Å². The number of nitrogens with one attached hydrogen (secondary N) is 1. The quantitative estimate of drug-likeness (QED) is 0.644. The molecule has 1 aliphatic carbocycles. The van der Waals surface area contributed by atoms with Gasteiger partial charge in [-0.2, -0.15) is 5.10 Å². The van der Waals surface area contributed by atoms with Gasteiger partial charge in [0.25, 0.3) is 0 Å². The van der Waals surface area contributed by atoms with Crippen LogP contribution in [0.5, 0.6) is 0 Å². The van der Waals surface area contributed by atoms with E-state index >= 15 is 0 Å². The number of nitrogens with zero attached hydrogens (tertiary/aromatic N) is 2. The van der Waals surface area contributed by atoms with Crippen molar-refractivity contribution in [3.05, 3.63) is 41.6 Å². The molecular formula is C17H23N3. The number of fused-ring (bicyclic) bond motifs is 1. The molecule has 0 unspecified atom stereocenters. The molecule has 0 aliphatic heterocycles. The molecule has 1 aliphatic rings. The average Bonchev–Trinajstić information content (AvgIpc) is 3.22. The predicted molar refractivity (Wildman–Crippen MR) is 83.8 cm³/mol. The summed E-state index contributed by atoms with van der Waals surface area (Å²) in [5, 5.41) is 9.48. The maximum atomic E-state index is 4.66. The second-order valence-electron chi connectivity index (χ2n) is 5.83. The Labute approximate surface area is 120 Å². The van der Waals surface area contributed by atoms with Gasteiger partial charge in [-0.15, -0.1) is 0 Å². The van der Waals surface area contributed by atoms with Gasteiger partial charge in [-0.1, -0.05) is 29.8 Å². The topological polar surface area (TPSA) is 29.9 Å². The van der Waals surface area contributed by atoms with Crippen molar-refractivity contribution in [2.75, 3.05) is 6.54 Å². The predicted octanol–water partition coefficient (Wildman–Crippen LogP) is 3.20. The van der Waals surface area contributed by atoms with Gasteiger partial charge in [-0.3, -0.25) is 4.68 Å². The van der Waals surface area contributed by atoms with E-state index in [2.05, 4.69) is 47.7 Å². The fourth-order valence-corrected chi connectivity index (χ4v) is 2.65. The minimum absolute atomic E-state index is 0.809. The number of hydrogen-bond donors (Lipinski definition) is 1. The Morgan fingerprint density at radius 2 is 2.20 bits per heavy atom. The lowest BCUT2D eigenvalue weighted by atomic mass is 10.1. The van der Waals surface area contributed by atoms with E-state index in [9.17, 15) is 0 Å². The van der Waals surface area contributed by atoms with Crippen molar-refractivity contribution >= 4 is 10.9 Å². The first kappa shape index (κ1) is 13.4. The third-order valence-electron chi connectivity index (χ3n) is 3.93. The van der Waals surface area contributed by atoms with Gasteiger partial charge < -0.3 is 5.32 Å². The molecule has 0 bridgehead atoms. The van der Waals surface area contributed by atoms with Crippen LogP contribution >= 0.6 is 0 Å². The van der Waals surface area contributed by atoms with Crippen molar-refractivity contribution in [2.24, 2.45) is 7.05 Å². The number of aromatic nitrogens is 2. The molecular weight excluding hydrogens is 246 g/mol. The zero-order valence-corrected chi connectivity index (χ0v) is 12.4. The Kier molecular flexibility index (Phi) is 3.88. The third-order valence-corrected chi connectivity index (χ3v) is 3.93. The average molecular weight is 269 g/mol. The second-order valence-corrected chi connectivity index (χ2v) is 5.83. The molecule has 1 heterocycles. The van der Waals surface area contributed by atoms with Crippen LogP contribution in [0.1, 0.15) is 31.9 Å². The number of allylic oxidation sites excluding steroid dienone is 1. The highest BCUT2D eigenvalue weighted by Gasteiger charge is 2.19. The minimum atomic E-state index is 0.809. The van der Waals surface area contributed by atoms with Crippen molar-refractivity contribution in [1.29, 1.82) is 0 Å². The molecule has 3 rings (SSSR count). The van der Waals surface area contributed by atoms with Crippen molar-refractivity contribution in [1.82, 2.24) is 15.1 Å². The molecule has 0 radical (unpaired) electrons. The van der Waals surface area contributed by atoms with Crippen LogP contribution in [-0.4, -0.2) is 22.4 Å². The Balaban J connectivity index is 1.64. The standard InChI is InChI=1S/C17H23N3/c1-13(6-5-11-18-14-9-10-14)12-16-15-7-3-4-8-17(15)20(2)19-16/h3-4,6-8,14,18H,5,9-12H2,1-2H3. The van der Waals surface area contributed by atoms with Gasteiger partial charge >= 0.3 is 0 Å². The smallest absolute Gasteiger partial charge is 0.0743 e. The van der Waals surface area contributed by atoms with Gasteiger partial charge in [0, 0.05) is 24.9 Å². The molecule has 1 fully saturated rings. The summed E-state index contributed by atoms with van der Waals surface area (Å²) in [6, 6.07) is 9.26. The third kappa shape index (κ3) is 3.10. The van der Waals surface area contributed by atoms with E-state index < -0.39 is 0 Å². The van der Waals surface area contributed by atoms with Crippen LogP contribution in [-0.2, 0) is 13.5 Å². The first-order valence-corrected chi connectivity index (χ1v) is 7.53. The van der Waals surface area contributed by atoms with Gasteiger partial charge in [0.2, 0.25) is 0 Å². The van der Waals surface area contributed by atoms with E-state index in [-0.39, 0.29) is 0 Å². The summed E-state index contributed by atoms with van der Waals surface area (Å²) in [6.45, 7) is 3.31. The second kappa shape index (κ2) is 5.80. The normalized spacial score (nSPS) is 16.0. The largest absolute Gasteiger partial charge is 0.314 e. The molecule has 0 spiro atoms. The molecule has 106 valence electrons. The molecule has 1 N–H and O–H groups in total. The fraction of sp³-hybridized carbons (Fsp3) is 0.471. The van der Waals surface area contributed by atoms with E-state index in [1.807, 2.05) is 11.7 Å². The van der Waals surface area contributed by atoms with Crippen LogP contribution in [0.25, 0.3) is 10.9 Å². The molecule has 0 atom stereocenters. The summed E-state index contributed by atoms with van der Waals surface area (Å²) in [4.78, 5) is 0. The monoisotopic (exact) mass is 269 g/mol. The number of hydrogen-bond acceptors (Lipinski definition) is 2. The van der Waals surface area contributed by atoms with Crippen LogP contribution in [0.4, 0.5) is 0 Å². The lowest BCUT2D eigenvalue weighted by Crippen LogP contribution is -2.16. The fourth-order valence-electron chi connectivity index (χ4n) is 2.65. The Morgan fingerprint density at radius 3 is 3.00 bits per heavy atom. The van der Waals surface area contributed by atoms with Gasteiger partial charge in [0.1, 0.15) is 0 Å². The highest BCUT2D eigenvalue weighted by molar-refractivity contribution is 5.82. The lowest BCUT2D eigenvalue weighted by Gasteiger charge is -2.01.